The van der Waals surface area contributed by atoms with Crippen LogP contribution in [-0.4, -0.2) is 18.9 Å². The van der Waals surface area contributed by atoms with E-state index in [1.54, 1.807) is 6.92 Å². The maximum absolute atomic E-state index is 11.9. The lowest BCUT2D eigenvalue weighted by atomic mass is 9.71. The lowest BCUT2D eigenvalue weighted by Crippen LogP contribution is -2.30. The largest absolute Gasteiger partial charge is 0.469 e. The van der Waals surface area contributed by atoms with Gasteiger partial charge in [-0.3, -0.25) is 9.59 Å². The van der Waals surface area contributed by atoms with Crippen molar-refractivity contribution < 1.29 is 14.3 Å². The molecule has 17 heavy (non-hydrogen) atoms. The van der Waals surface area contributed by atoms with Crippen molar-refractivity contribution in [2.75, 3.05) is 7.11 Å². The Morgan fingerprint density at radius 2 is 1.94 bits per heavy atom. The molecule has 96 valence electrons. The summed E-state index contributed by atoms with van der Waals surface area (Å²) in [4.78, 5) is 23.1. The van der Waals surface area contributed by atoms with Crippen molar-refractivity contribution in [3.8, 4) is 0 Å². The van der Waals surface area contributed by atoms with E-state index in [1.807, 2.05) is 0 Å². The predicted molar refractivity (Wildman–Crippen MR) is 66.6 cm³/mol. The van der Waals surface area contributed by atoms with Crippen molar-refractivity contribution in [2.45, 2.75) is 51.9 Å². The van der Waals surface area contributed by atoms with E-state index in [0.29, 0.717) is 12.8 Å². The van der Waals surface area contributed by atoms with E-state index in [1.165, 1.54) is 7.11 Å². The van der Waals surface area contributed by atoms with Crippen molar-refractivity contribution in [2.24, 2.45) is 5.41 Å². The quantitative estimate of drug-likeness (QED) is 0.558. The van der Waals surface area contributed by atoms with Crippen molar-refractivity contribution in [3.63, 3.8) is 0 Å². The summed E-state index contributed by atoms with van der Waals surface area (Å²) < 4.78 is 4.66. The minimum atomic E-state index is -0.307. The van der Waals surface area contributed by atoms with Crippen molar-refractivity contribution in [3.05, 3.63) is 12.2 Å². The van der Waals surface area contributed by atoms with Crippen LogP contribution < -0.4 is 0 Å². The molecule has 0 saturated heterocycles. The second kappa shape index (κ2) is 6.58. The van der Waals surface area contributed by atoms with Crippen LogP contribution in [0.1, 0.15) is 51.9 Å². The van der Waals surface area contributed by atoms with E-state index in [9.17, 15) is 9.59 Å². The molecule has 1 aliphatic rings. The third-order valence-corrected chi connectivity index (χ3v) is 3.76. The van der Waals surface area contributed by atoms with E-state index >= 15 is 0 Å². The zero-order valence-electron chi connectivity index (χ0n) is 10.8. The van der Waals surface area contributed by atoms with Crippen LogP contribution in [0.4, 0.5) is 0 Å². The average molecular weight is 238 g/mol. The fourth-order valence-electron chi connectivity index (χ4n) is 2.50. The van der Waals surface area contributed by atoms with Crippen LogP contribution in [0.3, 0.4) is 0 Å². The molecular weight excluding hydrogens is 216 g/mol. The van der Waals surface area contributed by atoms with Gasteiger partial charge in [-0.2, -0.15) is 0 Å². The Balaban J connectivity index is 2.69. The smallest absolute Gasteiger partial charge is 0.305 e. The maximum Gasteiger partial charge on any atom is 0.305 e. The molecule has 1 unspecified atom stereocenters. The van der Waals surface area contributed by atoms with Crippen LogP contribution in [0.15, 0.2) is 12.2 Å². The summed E-state index contributed by atoms with van der Waals surface area (Å²) in [7, 11) is 1.39. The second-order valence-electron chi connectivity index (χ2n) is 4.81. The van der Waals surface area contributed by atoms with Gasteiger partial charge in [-0.15, -0.1) is 0 Å². The van der Waals surface area contributed by atoms with Gasteiger partial charge in [0.1, 0.15) is 5.78 Å². The predicted octanol–water partition coefficient (Wildman–Crippen LogP) is 3.04. The molecule has 0 spiro atoms. The van der Waals surface area contributed by atoms with Crippen LogP contribution in [0.25, 0.3) is 0 Å². The first-order chi connectivity index (χ1) is 8.10. The van der Waals surface area contributed by atoms with Gasteiger partial charge in [-0.25, -0.2) is 0 Å². The summed E-state index contributed by atoms with van der Waals surface area (Å²) in [6.07, 6.45) is 10.0. The highest BCUT2D eigenvalue weighted by Gasteiger charge is 2.34. The molecule has 0 aromatic heterocycles. The molecule has 0 bridgehead atoms. The zero-order valence-corrected chi connectivity index (χ0v) is 10.8. The number of allylic oxidation sites excluding steroid dienone is 2. The minimum absolute atomic E-state index is 0.219. The zero-order chi connectivity index (χ0) is 12.7. The monoisotopic (exact) mass is 238 g/mol. The van der Waals surface area contributed by atoms with Gasteiger partial charge in [-0.05, 0) is 45.4 Å². The molecule has 3 heteroatoms. The fraction of sp³-hybridized carbons (Fsp3) is 0.714. The molecule has 0 aliphatic heterocycles. The van der Waals surface area contributed by atoms with E-state index in [-0.39, 0.29) is 17.2 Å². The Bertz CT molecular complexity index is 307. The molecule has 1 atom stereocenters. The average Bonchev–Trinajstić information content (AvgIpc) is 2.27. The highest BCUT2D eigenvalue weighted by molar-refractivity contribution is 5.83. The van der Waals surface area contributed by atoms with Crippen molar-refractivity contribution >= 4 is 11.8 Å². The summed E-state index contributed by atoms with van der Waals surface area (Å²) in [5.41, 5.74) is -0.307. The molecule has 0 heterocycles. The van der Waals surface area contributed by atoms with Gasteiger partial charge < -0.3 is 4.74 Å². The number of carbonyl (C=O) groups excluding carboxylic acids is 2. The standard InChI is InChI=1S/C14H22O3/c1-12(15)14(11-8-13(16)17-2)9-6-4-3-5-7-10-14/h3-4H,5-11H2,1-2H3/b4-3-. The van der Waals surface area contributed by atoms with E-state index in [0.717, 1.165) is 32.1 Å². The van der Waals surface area contributed by atoms with Crippen LogP contribution in [0.5, 0.6) is 0 Å². The van der Waals surface area contributed by atoms with Crippen LogP contribution in [0, 0.1) is 5.41 Å². The number of ether oxygens (including phenoxy) is 1. The molecule has 0 saturated carbocycles. The molecule has 1 aliphatic carbocycles. The van der Waals surface area contributed by atoms with Crippen LogP contribution in [0.2, 0.25) is 0 Å². The summed E-state index contributed by atoms with van der Waals surface area (Å²) in [6, 6.07) is 0. The van der Waals surface area contributed by atoms with Crippen LogP contribution in [-0.2, 0) is 14.3 Å². The summed E-state index contributed by atoms with van der Waals surface area (Å²) in [5.74, 6) is -0.0000652. The number of rotatable bonds is 4. The van der Waals surface area contributed by atoms with Crippen molar-refractivity contribution in [1.82, 2.24) is 0 Å². The number of esters is 1. The SMILES string of the molecule is COC(=O)CCC1(C(C)=O)CC/C=C\CCC1. The van der Waals surface area contributed by atoms with Crippen LogP contribution >= 0.6 is 0 Å². The Labute approximate surface area is 103 Å². The van der Waals surface area contributed by atoms with E-state index in [4.69, 9.17) is 0 Å². The van der Waals surface area contributed by atoms with Gasteiger partial charge in [0.2, 0.25) is 0 Å². The van der Waals surface area contributed by atoms with Gasteiger partial charge in [0.15, 0.2) is 0 Å². The Morgan fingerprint density at radius 3 is 2.59 bits per heavy atom. The van der Waals surface area contributed by atoms with Gasteiger partial charge in [0.25, 0.3) is 0 Å². The number of Topliss-reactive ketones (excluding diaryl/α,β-unsaturated/α-hetero) is 1. The first kappa shape index (κ1) is 13.9. The van der Waals surface area contributed by atoms with Gasteiger partial charge in [0.05, 0.1) is 7.11 Å². The van der Waals surface area contributed by atoms with E-state index < -0.39 is 0 Å². The lowest BCUT2D eigenvalue weighted by Gasteiger charge is -2.31. The lowest BCUT2D eigenvalue weighted by molar-refractivity contribution is -0.142. The molecule has 0 aromatic carbocycles. The Hall–Kier alpha value is -1.12. The molecule has 0 amide bonds. The first-order valence-corrected chi connectivity index (χ1v) is 6.33. The number of hydrogen-bond acceptors (Lipinski definition) is 3. The Morgan fingerprint density at radius 1 is 1.24 bits per heavy atom. The van der Waals surface area contributed by atoms with E-state index in [2.05, 4.69) is 16.9 Å². The third-order valence-electron chi connectivity index (χ3n) is 3.76. The maximum atomic E-state index is 11.9. The number of carbonyl (C=O) groups is 2. The molecule has 0 radical (unpaired) electrons. The summed E-state index contributed by atoms with van der Waals surface area (Å²) in [5, 5.41) is 0. The summed E-state index contributed by atoms with van der Waals surface area (Å²) in [6.45, 7) is 1.66. The molecule has 0 fully saturated rings. The normalized spacial score (nSPS) is 26.7. The van der Waals surface area contributed by atoms with Gasteiger partial charge in [0, 0.05) is 11.8 Å². The topological polar surface area (TPSA) is 43.4 Å². The molecular formula is C14H22O3. The Kier molecular flexibility index (Phi) is 5.39. The molecule has 0 N–H and O–H groups in total. The first-order valence-electron chi connectivity index (χ1n) is 6.33. The molecule has 0 aromatic rings. The van der Waals surface area contributed by atoms with Crippen molar-refractivity contribution in [1.29, 1.82) is 0 Å². The number of ketones is 1. The summed E-state index contributed by atoms with van der Waals surface area (Å²) >= 11 is 0. The highest BCUT2D eigenvalue weighted by Crippen LogP contribution is 2.38. The second-order valence-corrected chi connectivity index (χ2v) is 4.81. The third kappa shape index (κ3) is 3.99. The molecule has 3 nitrogen and oxygen atoms in total. The molecule has 1 rings (SSSR count). The van der Waals surface area contributed by atoms with Gasteiger partial charge in [-0.1, -0.05) is 12.2 Å². The minimum Gasteiger partial charge on any atom is -0.469 e. The number of hydrogen-bond donors (Lipinski definition) is 0. The number of methoxy groups -OCH3 is 1. The highest BCUT2D eigenvalue weighted by atomic mass is 16.5. The van der Waals surface area contributed by atoms with Gasteiger partial charge >= 0.3 is 5.97 Å². The fourth-order valence-corrected chi connectivity index (χ4v) is 2.50.